The van der Waals surface area contributed by atoms with Gasteiger partial charge in [0.15, 0.2) is 0 Å². The van der Waals surface area contributed by atoms with Gasteiger partial charge in [-0.25, -0.2) is 0 Å². The lowest BCUT2D eigenvalue weighted by atomic mass is 9.94. The average molecular weight is 485 g/mol. The fourth-order valence-corrected chi connectivity index (χ4v) is 4.30. The molecule has 3 aromatic rings. The Morgan fingerprint density at radius 3 is 2.39 bits per heavy atom. The van der Waals surface area contributed by atoms with Crippen molar-refractivity contribution in [3.63, 3.8) is 0 Å². The zero-order chi connectivity index (χ0) is 24.1. The van der Waals surface area contributed by atoms with Crippen LogP contribution in [0.4, 0.5) is 5.69 Å². The number of rotatable bonds is 8. The first-order chi connectivity index (χ1) is 15.7. The first kappa shape index (κ1) is 24.5. The van der Waals surface area contributed by atoms with E-state index in [4.69, 9.17) is 22.1 Å². The fourth-order valence-electron chi connectivity index (χ4n) is 3.36. The molecule has 0 saturated carbocycles. The van der Waals surface area contributed by atoms with Gasteiger partial charge in [-0.3, -0.25) is 14.4 Å². The Labute approximate surface area is 201 Å². The minimum atomic E-state index is -0.691. The monoisotopic (exact) mass is 484 g/mol. The molecule has 2 aromatic carbocycles. The van der Waals surface area contributed by atoms with E-state index in [1.54, 1.807) is 42.5 Å². The summed E-state index contributed by atoms with van der Waals surface area (Å²) in [5.41, 5.74) is 8.06. The molecule has 0 saturated heterocycles. The van der Waals surface area contributed by atoms with Crippen LogP contribution in [-0.4, -0.2) is 17.8 Å². The number of amides is 2. The Kier molecular flexibility index (Phi) is 7.89. The molecule has 0 bridgehead atoms. The normalized spacial score (nSPS) is 10.8. The van der Waals surface area contributed by atoms with Crippen molar-refractivity contribution in [3.8, 4) is 16.9 Å². The molecule has 0 aliphatic rings. The van der Waals surface area contributed by atoms with Gasteiger partial charge >= 0.3 is 5.97 Å². The van der Waals surface area contributed by atoms with Crippen LogP contribution in [0.25, 0.3) is 11.1 Å². The molecular formula is C25H25ClN2O4S. The van der Waals surface area contributed by atoms with Gasteiger partial charge in [0, 0.05) is 6.42 Å². The van der Waals surface area contributed by atoms with E-state index in [2.05, 4.69) is 5.32 Å². The summed E-state index contributed by atoms with van der Waals surface area (Å²) in [5, 5.41) is 2.75. The zero-order valence-electron chi connectivity index (χ0n) is 18.6. The maximum atomic E-state index is 12.6. The Hall–Kier alpha value is -3.16. The van der Waals surface area contributed by atoms with Crippen molar-refractivity contribution in [1.29, 1.82) is 0 Å². The maximum absolute atomic E-state index is 12.6. The zero-order valence-corrected chi connectivity index (χ0v) is 20.2. The molecule has 3 N–H and O–H groups in total. The largest absolute Gasteiger partial charge is 0.426 e. The number of benzene rings is 2. The lowest BCUT2D eigenvalue weighted by molar-refractivity contribution is -0.134. The van der Waals surface area contributed by atoms with Crippen molar-refractivity contribution in [3.05, 3.63) is 68.9 Å². The topological polar surface area (TPSA) is 98.5 Å². The van der Waals surface area contributed by atoms with E-state index in [0.29, 0.717) is 44.0 Å². The molecule has 8 heteroatoms. The quantitative estimate of drug-likeness (QED) is 0.299. The predicted molar refractivity (Wildman–Crippen MR) is 132 cm³/mol. The van der Waals surface area contributed by atoms with E-state index in [1.807, 2.05) is 26.8 Å². The van der Waals surface area contributed by atoms with Crippen LogP contribution in [0.3, 0.4) is 0 Å². The van der Waals surface area contributed by atoms with Gasteiger partial charge in [0.05, 0.1) is 20.5 Å². The summed E-state index contributed by atoms with van der Waals surface area (Å²) in [6, 6.07) is 13.6. The molecule has 0 spiro atoms. The number of anilines is 1. The van der Waals surface area contributed by atoms with E-state index in [1.165, 1.54) is 0 Å². The average Bonchev–Trinajstić information content (AvgIpc) is 3.20. The second kappa shape index (κ2) is 10.6. The van der Waals surface area contributed by atoms with Crippen LogP contribution >= 0.6 is 22.9 Å². The molecule has 0 radical (unpaired) electrons. The van der Waals surface area contributed by atoms with E-state index in [-0.39, 0.29) is 17.2 Å². The fraction of sp³-hybridized carbons (Fsp3) is 0.240. The SMILES string of the molecule is Cc1c(OC(=O)CCC(C)C)cccc1-c1cccc(NC(=O)c2ccc(Cl)s2)c1C(N)=O. The van der Waals surface area contributed by atoms with Crippen molar-refractivity contribution >= 4 is 46.4 Å². The number of thiophene rings is 1. The predicted octanol–water partition coefficient (Wildman–Crippen LogP) is 6.07. The summed E-state index contributed by atoms with van der Waals surface area (Å²) in [6.07, 6.45) is 1.06. The molecule has 0 unspecified atom stereocenters. The number of hydrogen-bond acceptors (Lipinski definition) is 5. The van der Waals surface area contributed by atoms with Crippen molar-refractivity contribution in [1.82, 2.24) is 0 Å². The Balaban J connectivity index is 1.96. The van der Waals surface area contributed by atoms with E-state index in [0.717, 1.165) is 17.8 Å². The molecule has 1 heterocycles. The molecule has 172 valence electrons. The van der Waals surface area contributed by atoms with Crippen LogP contribution in [0.5, 0.6) is 5.75 Å². The first-order valence-corrected chi connectivity index (χ1v) is 11.7. The number of hydrogen-bond donors (Lipinski definition) is 2. The van der Waals surface area contributed by atoms with Gasteiger partial charge in [-0.05, 0) is 60.2 Å². The second-order valence-electron chi connectivity index (χ2n) is 7.99. The smallest absolute Gasteiger partial charge is 0.311 e. The van der Waals surface area contributed by atoms with Crippen LogP contribution in [-0.2, 0) is 4.79 Å². The number of ether oxygens (including phenoxy) is 1. The highest BCUT2D eigenvalue weighted by Gasteiger charge is 2.20. The third kappa shape index (κ3) is 6.00. The van der Waals surface area contributed by atoms with Crippen LogP contribution in [0, 0.1) is 12.8 Å². The van der Waals surface area contributed by atoms with Crippen molar-refractivity contribution in [2.75, 3.05) is 5.32 Å². The number of carbonyl (C=O) groups excluding carboxylic acids is 3. The van der Waals surface area contributed by atoms with Crippen molar-refractivity contribution in [2.24, 2.45) is 11.7 Å². The number of carbonyl (C=O) groups is 3. The van der Waals surface area contributed by atoms with Crippen molar-refractivity contribution in [2.45, 2.75) is 33.6 Å². The molecule has 0 aliphatic carbocycles. The van der Waals surface area contributed by atoms with Gasteiger partial charge in [-0.1, -0.05) is 49.7 Å². The van der Waals surface area contributed by atoms with Crippen LogP contribution in [0.15, 0.2) is 48.5 Å². The Morgan fingerprint density at radius 2 is 1.76 bits per heavy atom. The minimum Gasteiger partial charge on any atom is -0.426 e. The third-order valence-corrected chi connectivity index (χ3v) is 6.31. The van der Waals surface area contributed by atoms with Gasteiger partial charge < -0.3 is 15.8 Å². The number of halogens is 1. The van der Waals surface area contributed by atoms with Crippen molar-refractivity contribution < 1.29 is 19.1 Å². The number of nitrogens with one attached hydrogen (secondary N) is 1. The molecule has 33 heavy (non-hydrogen) atoms. The van der Waals surface area contributed by atoms with Gasteiger partial charge in [0.25, 0.3) is 11.8 Å². The summed E-state index contributed by atoms with van der Waals surface area (Å²) < 4.78 is 6.06. The van der Waals surface area contributed by atoms with Gasteiger partial charge in [-0.15, -0.1) is 11.3 Å². The standard InChI is InChI=1S/C25H25ClN2O4S/c1-14(2)10-13-22(29)32-19-9-5-6-16(15(19)3)17-7-4-8-18(23(17)24(27)30)28-25(31)20-11-12-21(26)33-20/h4-9,11-12,14H,10,13H2,1-3H3,(H2,27,30)(H,28,31). The molecule has 6 nitrogen and oxygen atoms in total. The van der Waals surface area contributed by atoms with E-state index in [9.17, 15) is 14.4 Å². The van der Waals surface area contributed by atoms with Crippen LogP contribution in [0.1, 0.15) is 52.3 Å². The number of esters is 1. The maximum Gasteiger partial charge on any atom is 0.311 e. The number of nitrogens with two attached hydrogens (primary N) is 1. The molecule has 3 rings (SSSR count). The lowest BCUT2D eigenvalue weighted by Gasteiger charge is -2.16. The van der Waals surface area contributed by atoms with E-state index >= 15 is 0 Å². The Morgan fingerprint density at radius 1 is 1.06 bits per heavy atom. The molecule has 2 amide bonds. The summed E-state index contributed by atoms with van der Waals surface area (Å²) in [7, 11) is 0. The van der Waals surface area contributed by atoms with Gasteiger partial charge in [0.2, 0.25) is 0 Å². The van der Waals surface area contributed by atoms with Gasteiger partial charge in [0.1, 0.15) is 5.75 Å². The molecule has 0 atom stereocenters. The molecular weight excluding hydrogens is 460 g/mol. The first-order valence-electron chi connectivity index (χ1n) is 10.5. The minimum absolute atomic E-state index is 0.167. The summed E-state index contributed by atoms with van der Waals surface area (Å²) in [6.45, 7) is 5.90. The van der Waals surface area contributed by atoms with E-state index < -0.39 is 11.8 Å². The second-order valence-corrected chi connectivity index (χ2v) is 9.70. The summed E-state index contributed by atoms with van der Waals surface area (Å²) >= 11 is 7.06. The van der Waals surface area contributed by atoms with Crippen LogP contribution in [0.2, 0.25) is 4.34 Å². The molecule has 0 fully saturated rings. The lowest BCUT2D eigenvalue weighted by Crippen LogP contribution is -2.19. The number of primary amides is 1. The highest BCUT2D eigenvalue weighted by molar-refractivity contribution is 7.18. The third-order valence-electron chi connectivity index (χ3n) is 5.08. The Bertz CT molecular complexity index is 1200. The highest BCUT2D eigenvalue weighted by atomic mass is 35.5. The molecule has 1 aromatic heterocycles. The molecule has 0 aliphatic heterocycles. The van der Waals surface area contributed by atoms with Gasteiger partial charge in [-0.2, -0.15) is 0 Å². The van der Waals surface area contributed by atoms with Crippen LogP contribution < -0.4 is 15.8 Å². The summed E-state index contributed by atoms with van der Waals surface area (Å²) in [5.74, 6) is -0.583. The summed E-state index contributed by atoms with van der Waals surface area (Å²) in [4.78, 5) is 37.7. The highest BCUT2D eigenvalue weighted by Crippen LogP contribution is 2.35.